The molecule has 0 fully saturated rings. The first-order valence-electron chi connectivity index (χ1n) is 5.29. The molecule has 0 atom stereocenters. The number of nitrogens with two attached hydrogens (primary N) is 1. The Labute approximate surface area is 97.7 Å². The van der Waals surface area contributed by atoms with Crippen LogP contribution in [-0.4, -0.2) is 36.2 Å². The molecule has 0 aliphatic rings. The van der Waals surface area contributed by atoms with Gasteiger partial charge in [-0.3, -0.25) is 0 Å². The molecular weight excluding hydrogens is 222 g/mol. The Bertz CT molecular complexity index is 291. The topological polar surface area (TPSA) is 53.7 Å². The molecule has 1 aromatic carbocycles. The van der Waals surface area contributed by atoms with Crippen LogP contribution in [0.1, 0.15) is 6.42 Å². The van der Waals surface area contributed by atoms with Crippen LogP contribution in [0.4, 0.5) is 0 Å². The van der Waals surface area contributed by atoms with E-state index in [2.05, 4.69) is 0 Å². The molecular formula is C11H19NO3Si. The molecule has 1 rings (SSSR count). The quantitative estimate of drug-likeness (QED) is 0.557. The van der Waals surface area contributed by atoms with Gasteiger partial charge in [0.1, 0.15) is 0 Å². The predicted molar refractivity (Wildman–Crippen MR) is 65.5 cm³/mol. The van der Waals surface area contributed by atoms with Gasteiger partial charge < -0.3 is 19.0 Å². The zero-order valence-corrected chi connectivity index (χ0v) is 10.8. The first-order valence-corrected chi connectivity index (χ1v) is 7.01. The van der Waals surface area contributed by atoms with Gasteiger partial charge in [-0.05, 0) is 13.0 Å². The van der Waals surface area contributed by atoms with Crippen LogP contribution in [0.5, 0.6) is 0 Å². The molecule has 2 N–H and O–H groups in total. The van der Waals surface area contributed by atoms with E-state index in [1.807, 2.05) is 30.3 Å². The van der Waals surface area contributed by atoms with Gasteiger partial charge in [0.25, 0.3) is 0 Å². The van der Waals surface area contributed by atoms with Gasteiger partial charge in [0.15, 0.2) is 0 Å². The van der Waals surface area contributed by atoms with Gasteiger partial charge in [0, 0.05) is 26.0 Å². The number of rotatable bonds is 7. The van der Waals surface area contributed by atoms with Gasteiger partial charge >= 0.3 is 8.80 Å². The lowest BCUT2D eigenvalue weighted by molar-refractivity contribution is 0.113. The molecule has 0 heterocycles. The smallest absolute Gasteiger partial charge is 0.373 e. The average molecular weight is 241 g/mol. The maximum Gasteiger partial charge on any atom is 0.536 e. The van der Waals surface area contributed by atoms with E-state index in [0.717, 1.165) is 11.6 Å². The zero-order valence-electron chi connectivity index (χ0n) is 9.81. The minimum Gasteiger partial charge on any atom is -0.373 e. The van der Waals surface area contributed by atoms with Crippen molar-refractivity contribution in [3.8, 4) is 0 Å². The molecule has 5 heteroatoms. The molecule has 4 nitrogen and oxygen atoms in total. The van der Waals surface area contributed by atoms with Gasteiger partial charge in [0.2, 0.25) is 0 Å². The van der Waals surface area contributed by atoms with Crippen molar-refractivity contribution in [2.24, 2.45) is 5.73 Å². The molecule has 0 amide bonds. The monoisotopic (exact) mass is 241 g/mol. The van der Waals surface area contributed by atoms with Crippen LogP contribution in [0.2, 0.25) is 0 Å². The van der Waals surface area contributed by atoms with Crippen LogP contribution >= 0.6 is 0 Å². The lowest BCUT2D eigenvalue weighted by atomic mass is 10.4. The van der Waals surface area contributed by atoms with Crippen molar-refractivity contribution in [1.29, 1.82) is 0 Å². The molecule has 16 heavy (non-hydrogen) atoms. The van der Waals surface area contributed by atoms with Crippen LogP contribution in [0.25, 0.3) is 0 Å². The second-order valence-corrected chi connectivity index (χ2v) is 6.12. The van der Waals surface area contributed by atoms with E-state index in [4.69, 9.17) is 19.0 Å². The Balaban J connectivity index is 2.79. The lowest BCUT2D eigenvalue weighted by Crippen LogP contribution is -2.55. The number of benzene rings is 1. The third-order valence-electron chi connectivity index (χ3n) is 2.31. The second-order valence-electron chi connectivity index (χ2n) is 3.32. The van der Waals surface area contributed by atoms with E-state index in [1.165, 1.54) is 0 Å². The SMILES string of the molecule is CO[Si](OC)(OCCCN)c1ccccc1. The third-order valence-corrected chi connectivity index (χ3v) is 5.00. The Morgan fingerprint density at radius 2 is 1.75 bits per heavy atom. The van der Waals surface area contributed by atoms with Gasteiger partial charge in [0.05, 0.1) is 0 Å². The van der Waals surface area contributed by atoms with E-state index in [1.54, 1.807) is 14.2 Å². The summed E-state index contributed by atoms with van der Waals surface area (Å²) in [5.74, 6) is 0. The van der Waals surface area contributed by atoms with E-state index >= 15 is 0 Å². The summed E-state index contributed by atoms with van der Waals surface area (Å²) in [5, 5.41) is 0.969. The highest BCUT2D eigenvalue weighted by molar-refractivity contribution is 6.75. The lowest BCUT2D eigenvalue weighted by Gasteiger charge is -2.26. The summed E-state index contributed by atoms with van der Waals surface area (Å²) in [4.78, 5) is 0. The van der Waals surface area contributed by atoms with Crippen molar-refractivity contribution in [2.75, 3.05) is 27.4 Å². The first-order chi connectivity index (χ1) is 7.79. The highest BCUT2D eigenvalue weighted by Gasteiger charge is 2.41. The molecule has 0 bridgehead atoms. The van der Waals surface area contributed by atoms with Gasteiger partial charge in [-0.2, -0.15) is 0 Å². The number of hydrogen-bond donors (Lipinski definition) is 1. The fourth-order valence-electron chi connectivity index (χ4n) is 1.45. The van der Waals surface area contributed by atoms with E-state index in [0.29, 0.717) is 13.2 Å². The fraction of sp³-hybridized carbons (Fsp3) is 0.455. The Morgan fingerprint density at radius 3 is 2.25 bits per heavy atom. The fourth-order valence-corrected chi connectivity index (χ4v) is 3.51. The molecule has 0 saturated heterocycles. The summed E-state index contributed by atoms with van der Waals surface area (Å²) in [6, 6.07) is 9.76. The third kappa shape index (κ3) is 3.13. The normalized spacial score (nSPS) is 11.7. The summed E-state index contributed by atoms with van der Waals surface area (Å²) < 4.78 is 16.7. The van der Waals surface area contributed by atoms with Gasteiger partial charge in [-0.15, -0.1) is 0 Å². The largest absolute Gasteiger partial charge is 0.536 e. The average Bonchev–Trinajstić information content (AvgIpc) is 2.36. The highest BCUT2D eigenvalue weighted by Crippen LogP contribution is 2.08. The van der Waals surface area contributed by atoms with Crippen LogP contribution in [-0.2, 0) is 13.3 Å². The standard InChI is InChI=1S/C11H19NO3Si/c1-13-16(14-2,15-10-6-9-12)11-7-4-3-5-8-11/h3-5,7-8H,6,9-10,12H2,1-2H3. The molecule has 90 valence electrons. The summed E-state index contributed by atoms with van der Waals surface area (Å²) in [7, 11) is 0.520. The number of hydrogen-bond acceptors (Lipinski definition) is 4. The minimum atomic E-state index is -2.71. The molecule has 0 aromatic heterocycles. The van der Waals surface area contributed by atoms with Gasteiger partial charge in [-0.25, -0.2) is 0 Å². The minimum absolute atomic E-state index is 0.555. The van der Waals surface area contributed by atoms with E-state index in [-0.39, 0.29) is 0 Å². The van der Waals surface area contributed by atoms with Crippen molar-refractivity contribution in [2.45, 2.75) is 6.42 Å². The van der Waals surface area contributed by atoms with Crippen LogP contribution in [0.15, 0.2) is 30.3 Å². The molecule has 0 aliphatic heterocycles. The molecule has 1 aromatic rings. The van der Waals surface area contributed by atoms with Crippen molar-refractivity contribution in [3.05, 3.63) is 30.3 Å². The summed E-state index contributed by atoms with van der Waals surface area (Å²) in [6.07, 6.45) is 0.800. The van der Waals surface area contributed by atoms with Crippen molar-refractivity contribution in [1.82, 2.24) is 0 Å². The molecule has 0 saturated carbocycles. The van der Waals surface area contributed by atoms with E-state index in [9.17, 15) is 0 Å². The molecule has 0 radical (unpaired) electrons. The van der Waals surface area contributed by atoms with Crippen molar-refractivity contribution >= 4 is 14.0 Å². The van der Waals surface area contributed by atoms with E-state index < -0.39 is 8.80 Å². The van der Waals surface area contributed by atoms with Gasteiger partial charge in [-0.1, -0.05) is 30.3 Å². The summed E-state index contributed by atoms with van der Waals surface area (Å²) in [6.45, 7) is 1.16. The van der Waals surface area contributed by atoms with Crippen LogP contribution in [0.3, 0.4) is 0 Å². The summed E-state index contributed by atoms with van der Waals surface area (Å²) in [5.41, 5.74) is 5.43. The molecule has 0 spiro atoms. The van der Waals surface area contributed by atoms with Crippen LogP contribution < -0.4 is 10.9 Å². The molecule has 0 aliphatic carbocycles. The molecule has 0 unspecified atom stereocenters. The Morgan fingerprint density at radius 1 is 1.12 bits per heavy atom. The Kier molecular flexibility index (Phi) is 5.65. The predicted octanol–water partition coefficient (Wildman–Crippen LogP) is 0.491. The second kappa shape index (κ2) is 6.77. The highest BCUT2D eigenvalue weighted by atomic mass is 28.4. The maximum absolute atomic E-state index is 5.77. The first kappa shape index (κ1) is 13.3. The summed E-state index contributed by atoms with van der Waals surface area (Å²) >= 11 is 0. The van der Waals surface area contributed by atoms with Crippen LogP contribution in [0, 0.1) is 0 Å². The maximum atomic E-state index is 5.77. The van der Waals surface area contributed by atoms with Crippen molar-refractivity contribution in [3.63, 3.8) is 0 Å². The van der Waals surface area contributed by atoms with Crippen molar-refractivity contribution < 1.29 is 13.3 Å². The zero-order chi connectivity index (χ0) is 11.9. The Hall–Kier alpha value is -0.723.